The van der Waals surface area contributed by atoms with Gasteiger partial charge in [-0.2, -0.15) is 4.31 Å². The fraction of sp³-hybridized carbons (Fsp3) is 0.316. The van der Waals surface area contributed by atoms with Crippen molar-refractivity contribution >= 4 is 15.9 Å². The molecule has 2 aromatic carbocycles. The number of hydrogen-bond acceptors (Lipinski definition) is 3. The van der Waals surface area contributed by atoms with E-state index in [2.05, 4.69) is 5.32 Å². The summed E-state index contributed by atoms with van der Waals surface area (Å²) in [5, 5.41) is 2.82. The van der Waals surface area contributed by atoms with E-state index >= 15 is 0 Å². The van der Waals surface area contributed by atoms with E-state index in [0.29, 0.717) is 19.4 Å². The van der Waals surface area contributed by atoms with Crippen LogP contribution in [-0.2, 0) is 21.4 Å². The van der Waals surface area contributed by atoms with Crippen LogP contribution in [0.5, 0.6) is 0 Å². The quantitative estimate of drug-likeness (QED) is 0.872. The van der Waals surface area contributed by atoms with Crippen LogP contribution in [0.2, 0.25) is 0 Å². The maximum atomic E-state index is 13.1. The summed E-state index contributed by atoms with van der Waals surface area (Å²) in [6, 6.07) is 11.7. The van der Waals surface area contributed by atoms with Crippen molar-refractivity contribution in [3.8, 4) is 0 Å². The first-order valence-electron chi connectivity index (χ1n) is 8.48. The van der Waals surface area contributed by atoms with Crippen LogP contribution in [0.1, 0.15) is 24.0 Å². The molecule has 0 saturated carbocycles. The van der Waals surface area contributed by atoms with Gasteiger partial charge in [-0.15, -0.1) is 0 Å². The summed E-state index contributed by atoms with van der Waals surface area (Å²) >= 11 is 0. The largest absolute Gasteiger partial charge is 0.351 e. The lowest BCUT2D eigenvalue weighted by molar-refractivity contribution is -0.124. The first kappa shape index (κ1) is 18.5. The van der Waals surface area contributed by atoms with Crippen molar-refractivity contribution < 1.29 is 17.6 Å². The average molecular weight is 376 g/mol. The lowest BCUT2D eigenvalue weighted by Crippen LogP contribution is -2.45. The number of hydrogen-bond donors (Lipinski definition) is 1. The molecule has 1 amide bonds. The molecule has 1 aliphatic rings. The van der Waals surface area contributed by atoms with E-state index in [4.69, 9.17) is 0 Å². The Labute approximate surface area is 152 Å². The second-order valence-electron chi connectivity index (χ2n) is 6.43. The second kappa shape index (κ2) is 7.55. The Bertz CT molecular complexity index is 880. The van der Waals surface area contributed by atoms with Gasteiger partial charge in [0, 0.05) is 13.1 Å². The lowest BCUT2D eigenvalue weighted by Gasteiger charge is -2.23. The third kappa shape index (κ3) is 3.94. The van der Waals surface area contributed by atoms with Gasteiger partial charge in [-0.25, -0.2) is 12.8 Å². The fourth-order valence-corrected chi connectivity index (χ4v) is 4.70. The van der Waals surface area contributed by atoms with Crippen LogP contribution in [0, 0.1) is 12.7 Å². The van der Waals surface area contributed by atoms with Crippen molar-refractivity contribution in [1.29, 1.82) is 0 Å². The third-order valence-electron chi connectivity index (χ3n) is 4.51. The van der Waals surface area contributed by atoms with Crippen LogP contribution >= 0.6 is 0 Å². The van der Waals surface area contributed by atoms with E-state index in [1.807, 2.05) is 31.2 Å². The molecule has 0 radical (unpaired) electrons. The number of benzene rings is 2. The van der Waals surface area contributed by atoms with Gasteiger partial charge in [0.25, 0.3) is 0 Å². The molecule has 0 bridgehead atoms. The molecule has 2 aromatic rings. The molecule has 1 aliphatic heterocycles. The molecule has 0 spiro atoms. The minimum Gasteiger partial charge on any atom is -0.351 e. The van der Waals surface area contributed by atoms with Crippen LogP contribution in [0.15, 0.2) is 53.4 Å². The van der Waals surface area contributed by atoms with Gasteiger partial charge >= 0.3 is 0 Å². The molecule has 26 heavy (non-hydrogen) atoms. The molecule has 0 unspecified atom stereocenters. The number of carbonyl (C=O) groups is 1. The highest BCUT2D eigenvalue weighted by molar-refractivity contribution is 7.89. The zero-order valence-corrected chi connectivity index (χ0v) is 15.3. The Morgan fingerprint density at radius 3 is 2.46 bits per heavy atom. The van der Waals surface area contributed by atoms with Crippen LogP contribution in [0.3, 0.4) is 0 Å². The number of carbonyl (C=O) groups excluding carboxylic acids is 1. The maximum absolute atomic E-state index is 13.1. The number of nitrogens with one attached hydrogen (secondary N) is 1. The van der Waals surface area contributed by atoms with Crippen molar-refractivity contribution in [2.45, 2.75) is 37.2 Å². The van der Waals surface area contributed by atoms with Gasteiger partial charge in [0.2, 0.25) is 15.9 Å². The second-order valence-corrected chi connectivity index (χ2v) is 8.32. The van der Waals surface area contributed by atoms with Crippen LogP contribution < -0.4 is 5.32 Å². The van der Waals surface area contributed by atoms with Crippen molar-refractivity contribution in [3.05, 3.63) is 65.5 Å². The summed E-state index contributed by atoms with van der Waals surface area (Å²) in [4.78, 5) is 12.5. The van der Waals surface area contributed by atoms with Crippen molar-refractivity contribution in [2.24, 2.45) is 0 Å². The summed E-state index contributed by atoms with van der Waals surface area (Å²) < 4.78 is 39.9. The number of halogens is 1. The molecular formula is C19H21FN2O3S. The molecule has 1 saturated heterocycles. The van der Waals surface area contributed by atoms with E-state index in [1.165, 1.54) is 16.4 Å². The highest BCUT2D eigenvalue weighted by atomic mass is 32.2. The predicted octanol–water partition coefficient (Wildman–Crippen LogP) is 2.60. The van der Waals surface area contributed by atoms with Gasteiger partial charge in [0.05, 0.1) is 4.90 Å². The third-order valence-corrected chi connectivity index (χ3v) is 6.44. The molecule has 0 aliphatic carbocycles. The first-order chi connectivity index (χ1) is 12.4. The molecule has 1 N–H and O–H groups in total. The topological polar surface area (TPSA) is 66.5 Å². The van der Waals surface area contributed by atoms with E-state index in [9.17, 15) is 17.6 Å². The van der Waals surface area contributed by atoms with Gasteiger partial charge in [0.1, 0.15) is 11.9 Å². The monoisotopic (exact) mass is 376 g/mol. The normalized spacial score (nSPS) is 18.0. The summed E-state index contributed by atoms with van der Waals surface area (Å²) in [5.41, 5.74) is 2.09. The smallest absolute Gasteiger partial charge is 0.243 e. The number of amides is 1. The molecule has 7 heteroatoms. The molecular weight excluding hydrogens is 355 g/mol. The van der Waals surface area contributed by atoms with Gasteiger partial charge in [-0.3, -0.25) is 4.79 Å². The Morgan fingerprint density at radius 2 is 1.81 bits per heavy atom. The minimum atomic E-state index is -3.83. The fourth-order valence-electron chi connectivity index (χ4n) is 3.04. The molecule has 5 nitrogen and oxygen atoms in total. The van der Waals surface area contributed by atoms with Gasteiger partial charge in [0.15, 0.2) is 0 Å². The van der Waals surface area contributed by atoms with E-state index in [-0.39, 0.29) is 17.3 Å². The van der Waals surface area contributed by atoms with Crippen LogP contribution in [0.4, 0.5) is 4.39 Å². The molecule has 138 valence electrons. The molecule has 1 heterocycles. The van der Waals surface area contributed by atoms with Crippen molar-refractivity contribution in [3.63, 3.8) is 0 Å². The predicted molar refractivity (Wildman–Crippen MR) is 96.3 cm³/mol. The van der Waals surface area contributed by atoms with Gasteiger partial charge < -0.3 is 5.32 Å². The van der Waals surface area contributed by atoms with Crippen LogP contribution in [0.25, 0.3) is 0 Å². The first-order valence-corrected chi connectivity index (χ1v) is 9.92. The van der Waals surface area contributed by atoms with Gasteiger partial charge in [-0.1, -0.05) is 29.8 Å². The van der Waals surface area contributed by atoms with Gasteiger partial charge in [-0.05, 0) is 49.6 Å². The standard InChI is InChI=1S/C19H21FN2O3S/c1-14-4-6-15(7-5-14)13-21-19(23)18-3-2-12-22(18)26(24,25)17-10-8-16(20)9-11-17/h4-11,18H,2-3,12-13H2,1H3,(H,21,23)/t18-/m1/s1. The van der Waals surface area contributed by atoms with E-state index in [0.717, 1.165) is 23.3 Å². The number of nitrogens with zero attached hydrogens (tertiary/aromatic N) is 1. The molecule has 1 atom stereocenters. The summed E-state index contributed by atoms with van der Waals surface area (Å²) in [7, 11) is -3.83. The number of sulfonamides is 1. The zero-order chi connectivity index (χ0) is 18.7. The van der Waals surface area contributed by atoms with Crippen molar-refractivity contribution in [2.75, 3.05) is 6.54 Å². The Hall–Kier alpha value is -2.25. The Kier molecular flexibility index (Phi) is 5.38. The lowest BCUT2D eigenvalue weighted by atomic mass is 10.1. The maximum Gasteiger partial charge on any atom is 0.243 e. The Balaban J connectivity index is 1.71. The zero-order valence-electron chi connectivity index (χ0n) is 14.5. The summed E-state index contributed by atoms with van der Waals surface area (Å²) in [6.07, 6.45) is 1.09. The van der Waals surface area contributed by atoms with E-state index in [1.54, 1.807) is 0 Å². The average Bonchev–Trinajstić information content (AvgIpc) is 3.12. The Morgan fingerprint density at radius 1 is 1.15 bits per heavy atom. The highest BCUT2D eigenvalue weighted by Crippen LogP contribution is 2.26. The van der Waals surface area contributed by atoms with E-state index < -0.39 is 21.9 Å². The molecule has 0 aromatic heterocycles. The van der Waals surface area contributed by atoms with Crippen LogP contribution in [-0.4, -0.2) is 31.2 Å². The minimum absolute atomic E-state index is 0.00265. The van der Waals surface area contributed by atoms with Crippen molar-refractivity contribution in [1.82, 2.24) is 9.62 Å². The SMILES string of the molecule is Cc1ccc(CNC(=O)[C@H]2CCCN2S(=O)(=O)c2ccc(F)cc2)cc1. The highest BCUT2D eigenvalue weighted by Gasteiger charge is 2.39. The number of rotatable bonds is 5. The molecule has 3 rings (SSSR count). The summed E-state index contributed by atoms with van der Waals surface area (Å²) in [5.74, 6) is -0.813. The summed E-state index contributed by atoms with van der Waals surface area (Å²) in [6.45, 7) is 2.61. The molecule has 1 fully saturated rings. The number of aryl methyl sites for hydroxylation is 1.